The maximum atomic E-state index is 13.4. The minimum absolute atomic E-state index is 0.0835. The summed E-state index contributed by atoms with van der Waals surface area (Å²) in [5.74, 6) is 0.748. The summed E-state index contributed by atoms with van der Waals surface area (Å²) in [5.41, 5.74) is 1.08. The van der Waals surface area contributed by atoms with Crippen LogP contribution in [0.2, 0.25) is 0 Å². The third kappa shape index (κ3) is 4.39. The van der Waals surface area contributed by atoms with Crippen LogP contribution in [0.25, 0.3) is 0 Å². The number of nitrogens with zero attached hydrogens (tertiary/aromatic N) is 2. The van der Waals surface area contributed by atoms with Gasteiger partial charge in [0, 0.05) is 43.0 Å². The van der Waals surface area contributed by atoms with Crippen LogP contribution >= 0.6 is 0 Å². The second kappa shape index (κ2) is 8.11. The van der Waals surface area contributed by atoms with Crippen molar-refractivity contribution in [2.24, 2.45) is 0 Å². The standard InChI is InChI=1S/C19H22FN3O4/c1-26-16-9-15(10-17(11-16)27-2)21-14-4-3-7-22(12-14)18-6-5-13(20)8-19(18)23(24)25/h5-6,8-11,14,21H,3-4,7,12H2,1-2H3. The number of rotatable bonds is 6. The molecule has 0 amide bonds. The number of nitro groups is 1. The molecule has 0 saturated carbocycles. The van der Waals surface area contributed by atoms with E-state index in [2.05, 4.69) is 5.32 Å². The lowest BCUT2D eigenvalue weighted by molar-refractivity contribution is -0.384. The Hall–Kier alpha value is -3.03. The fraction of sp³-hybridized carbons (Fsp3) is 0.368. The van der Waals surface area contributed by atoms with Crippen molar-refractivity contribution in [2.45, 2.75) is 18.9 Å². The summed E-state index contributed by atoms with van der Waals surface area (Å²) in [6.07, 6.45) is 1.79. The van der Waals surface area contributed by atoms with Crippen LogP contribution in [0.15, 0.2) is 36.4 Å². The summed E-state index contributed by atoms with van der Waals surface area (Å²) in [6.45, 7) is 1.26. The molecule has 2 aromatic carbocycles. The van der Waals surface area contributed by atoms with Crippen LogP contribution in [0, 0.1) is 15.9 Å². The molecule has 1 fully saturated rings. The number of halogens is 1. The molecule has 1 heterocycles. The molecular weight excluding hydrogens is 353 g/mol. The molecule has 1 aliphatic rings. The van der Waals surface area contributed by atoms with Crippen molar-refractivity contribution in [1.82, 2.24) is 0 Å². The van der Waals surface area contributed by atoms with E-state index in [1.807, 2.05) is 17.0 Å². The number of benzene rings is 2. The molecule has 0 radical (unpaired) electrons. The molecule has 8 heteroatoms. The largest absolute Gasteiger partial charge is 0.497 e. The van der Waals surface area contributed by atoms with Crippen LogP contribution in [-0.2, 0) is 0 Å². The van der Waals surface area contributed by atoms with Gasteiger partial charge < -0.3 is 19.7 Å². The van der Waals surface area contributed by atoms with Gasteiger partial charge in [-0.3, -0.25) is 10.1 Å². The fourth-order valence-electron chi connectivity index (χ4n) is 3.35. The average molecular weight is 375 g/mol. The van der Waals surface area contributed by atoms with Crippen LogP contribution in [0.5, 0.6) is 11.5 Å². The van der Waals surface area contributed by atoms with Crippen molar-refractivity contribution in [3.05, 3.63) is 52.3 Å². The van der Waals surface area contributed by atoms with Gasteiger partial charge in [0.05, 0.1) is 25.2 Å². The Morgan fingerprint density at radius 2 is 1.89 bits per heavy atom. The molecule has 1 N–H and O–H groups in total. The number of methoxy groups -OCH3 is 2. The minimum Gasteiger partial charge on any atom is -0.497 e. The Morgan fingerprint density at radius 3 is 2.52 bits per heavy atom. The van der Waals surface area contributed by atoms with Gasteiger partial charge in [-0.25, -0.2) is 4.39 Å². The predicted molar refractivity (Wildman–Crippen MR) is 101 cm³/mol. The number of nitro benzene ring substituents is 1. The van der Waals surface area contributed by atoms with E-state index in [4.69, 9.17) is 9.47 Å². The van der Waals surface area contributed by atoms with Crippen LogP contribution in [-0.4, -0.2) is 38.3 Å². The highest BCUT2D eigenvalue weighted by atomic mass is 19.1. The molecule has 1 aliphatic heterocycles. The van der Waals surface area contributed by atoms with E-state index in [9.17, 15) is 14.5 Å². The first-order chi connectivity index (χ1) is 13.0. The predicted octanol–water partition coefficient (Wildman–Crippen LogP) is 3.83. The first-order valence-electron chi connectivity index (χ1n) is 8.68. The Labute approximate surface area is 156 Å². The van der Waals surface area contributed by atoms with E-state index in [0.717, 1.165) is 24.6 Å². The molecule has 1 atom stereocenters. The second-order valence-corrected chi connectivity index (χ2v) is 6.42. The van der Waals surface area contributed by atoms with E-state index in [1.165, 1.54) is 12.1 Å². The van der Waals surface area contributed by atoms with Gasteiger partial charge in [-0.15, -0.1) is 0 Å². The van der Waals surface area contributed by atoms with Crippen molar-refractivity contribution >= 4 is 17.1 Å². The van der Waals surface area contributed by atoms with Gasteiger partial charge in [0.15, 0.2) is 0 Å². The molecule has 0 spiro atoms. The number of piperidine rings is 1. The number of ether oxygens (including phenoxy) is 2. The highest BCUT2D eigenvalue weighted by molar-refractivity contribution is 5.64. The molecule has 27 heavy (non-hydrogen) atoms. The molecule has 0 aliphatic carbocycles. The highest BCUT2D eigenvalue weighted by Gasteiger charge is 2.26. The van der Waals surface area contributed by atoms with Gasteiger partial charge in [0.2, 0.25) is 0 Å². The molecule has 7 nitrogen and oxygen atoms in total. The topological polar surface area (TPSA) is 76.9 Å². The summed E-state index contributed by atoms with van der Waals surface area (Å²) >= 11 is 0. The summed E-state index contributed by atoms with van der Waals surface area (Å²) < 4.78 is 24.0. The Kier molecular flexibility index (Phi) is 5.63. The minimum atomic E-state index is -0.611. The third-order valence-corrected chi connectivity index (χ3v) is 4.62. The monoisotopic (exact) mass is 375 g/mol. The van der Waals surface area contributed by atoms with Crippen LogP contribution < -0.4 is 19.7 Å². The van der Waals surface area contributed by atoms with Crippen molar-refractivity contribution in [3.8, 4) is 11.5 Å². The Balaban J connectivity index is 1.78. The van der Waals surface area contributed by atoms with E-state index >= 15 is 0 Å². The summed E-state index contributed by atoms with van der Waals surface area (Å²) in [5, 5.41) is 14.7. The fourth-order valence-corrected chi connectivity index (χ4v) is 3.35. The zero-order valence-corrected chi connectivity index (χ0v) is 15.3. The summed E-state index contributed by atoms with van der Waals surface area (Å²) in [4.78, 5) is 12.7. The zero-order valence-electron chi connectivity index (χ0n) is 15.3. The van der Waals surface area contributed by atoms with Crippen molar-refractivity contribution < 1.29 is 18.8 Å². The van der Waals surface area contributed by atoms with E-state index in [1.54, 1.807) is 20.3 Å². The smallest absolute Gasteiger partial charge is 0.295 e. The molecule has 1 saturated heterocycles. The van der Waals surface area contributed by atoms with Crippen LogP contribution in [0.1, 0.15) is 12.8 Å². The number of hydrogen-bond donors (Lipinski definition) is 1. The van der Waals surface area contributed by atoms with Gasteiger partial charge in [0.25, 0.3) is 5.69 Å². The third-order valence-electron chi connectivity index (χ3n) is 4.62. The van der Waals surface area contributed by atoms with Gasteiger partial charge in [-0.1, -0.05) is 0 Å². The van der Waals surface area contributed by atoms with Crippen LogP contribution in [0.3, 0.4) is 0 Å². The molecule has 0 bridgehead atoms. The molecular formula is C19H22FN3O4. The van der Waals surface area contributed by atoms with E-state index in [0.29, 0.717) is 30.3 Å². The molecule has 3 rings (SSSR count). The lowest BCUT2D eigenvalue weighted by Crippen LogP contribution is -2.42. The molecule has 2 aromatic rings. The lowest BCUT2D eigenvalue weighted by atomic mass is 10.0. The van der Waals surface area contributed by atoms with E-state index in [-0.39, 0.29) is 11.7 Å². The highest BCUT2D eigenvalue weighted by Crippen LogP contribution is 2.32. The molecule has 144 valence electrons. The SMILES string of the molecule is COc1cc(NC2CCCN(c3ccc(F)cc3[N+](=O)[O-])C2)cc(OC)c1. The molecule has 0 aromatic heterocycles. The van der Waals surface area contributed by atoms with Gasteiger partial charge >= 0.3 is 0 Å². The first kappa shape index (κ1) is 18.8. The van der Waals surface area contributed by atoms with Crippen molar-refractivity contribution in [3.63, 3.8) is 0 Å². The number of hydrogen-bond acceptors (Lipinski definition) is 6. The van der Waals surface area contributed by atoms with Gasteiger partial charge in [0.1, 0.15) is 23.0 Å². The van der Waals surface area contributed by atoms with E-state index < -0.39 is 10.7 Å². The summed E-state index contributed by atoms with van der Waals surface area (Å²) in [7, 11) is 3.18. The zero-order chi connectivity index (χ0) is 19.4. The number of nitrogens with one attached hydrogen (secondary N) is 1. The molecule has 1 unspecified atom stereocenters. The van der Waals surface area contributed by atoms with Gasteiger partial charge in [-0.05, 0) is 25.0 Å². The first-order valence-corrected chi connectivity index (χ1v) is 8.68. The van der Waals surface area contributed by atoms with Crippen LogP contribution in [0.4, 0.5) is 21.5 Å². The Morgan fingerprint density at radius 1 is 1.19 bits per heavy atom. The number of anilines is 2. The van der Waals surface area contributed by atoms with Gasteiger partial charge in [-0.2, -0.15) is 0 Å². The lowest BCUT2D eigenvalue weighted by Gasteiger charge is -2.35. The van der Waals surface area contributed by atoms with Crippen molar-refractivity contribution in [1.29, 1.82) is 0 Å². The quantitative estimate of drug-likeness (QED) is 0.611. The normalized spacial score (nSPS) is 16.7. The maximum absolute atomic E-state index is 13.4. The summed E-state index contributed by atoms with van der Waals surface area (Å²) in [6, 6.07) is 9.33. The Bertz CT molecular complexity index is 808. The second-order valence-electron chi connectivity index (χ2n) is 6.42. The average Bonchev–Trinajstić information content (AvgIpc) is 2.67. The maximum Gasteiger partial charge on any atom is 0.295 e. The van der Waals surface area contributed by atoms with Crippen molar-refractivity contribution in [2.75, 3.05) is 37.5 Å².